The molecule has 0 saturated heterocycles. The number of aromatic nitrogens is 3. The van der Waals surface area contributed by atoms with Crippen molar-refractivity contribution in [3.63, 3.8) is 0 Å². The molecule has 0 unspecified atom stereocenters. The van der Waals surface area contributed by atoms with Crippen molar-refractivity contribution in [2.24, 2.45) is 5.92 Å². The molecule has 118 valence electrons. The molecule has 5 heteroatoms. The Labute approximate surface area is 131 Å². The number of nitrogens with one attached hydrogen (secondary N) is 2. The van der Waals surface area contributed by atoms with Crippen LogP contribution in [0.15, 0.2) is 6.33 Å². The summed E-state index contributed by atoms with van der Waals surface area (Å²) in [4.78, 5) is 12.2. The molecule has 2 heterocycles. The quantitative estimate of drug-likeness (QED) is 0.677. The molecule has 2 aromatic rings. The van der Waals surface area contributed by atoms with Gasteiger partial charge in [0.1, 0.15) is 38.1 Å². The maximum absolute atomic E-state index is 4.48. The van der Waals surface area contributed by atoms with Crippen molar-refractivity contribution in [1.29, 1.82) is 0 Å². The topological polar surface area (TPSA) is 56.6 Å². The van der Waals surface area contributed by atoms with Crippen LogP contribution in [0.3, 0.4) is 0 Å². The van der Waals surface area contributed by atoms with Crippen LogP contribution < -0.4 is 5.32 Å². The highest BCUT2D eigenvalue weighted by Crippen LogP contribution is 2.29. The van der Waals surface area contributed by atoms with E-state index in [1.807, 2.05) is 0 Å². The number of hydrogen-bond acceptors (Lipinski definition) is 3. The van der Waals surface area contributed by atoms with E-state index < -0.39 is 0 Å². The highest BCUT2D eigenvalue weighted by atomic mass is 15.1. The molecular weight excluding hydrogens is 274 g/mol. The summed E-state index contributed by atoms with van der Waals surface area (Å²) in [5.41, 5.74) is 3.35. The van der Waals surface area contributed by atoms with E-state index in [2.05, 4.69) is 59.0 Å². The van der Waals surface area contributed by atoms with Gasteiger partial charge in [-0.3, -0.25) is 0 Å². The SMILES string of the molecule is Cc1[nH]c2ncnc(NC3CCC(C=[N+](C)C)CC3)c2c1C. The predicted molar refractivity (Wildman–Crippen MR) is 90.9 cm³/mol. The van der Waals surface area contributed by atoms with E-state index in [9.17, 15) is 0 Å². The van der Waals surface area contributed by atoms with Crippen molar-refractivity contribution in [2.75, 3.05) is 19.4 Å². The summed E-state index contributed by atoms with van der Waals surface area (Å²) in [6, 6.07) is 0.513. The van der Waals surface area contributed by atoms with Crippen LogP contribution in [0.2, 0.25) is 0 Å². The van der Waals surface area contributed by atoms with Gasteiger partial charge in [0.05, 0.1) is 5.39 Å². The van der Waals surface area contributed by atoms with Gasteiger partial charge >= 0.3 is 0 Å². The summed E-state index contributed by atoms with van der Waals surface area (Å²) >= 11 is 0. The fourth-order valence-electron chi connectivity index (χ4n) is 3.43. The lowest BCUT2D eigenvalue weighted by Crippen LogP contribution is -2.28. The molecule has 0 aliphatic heterocycles. The van der Waals surface area contributed by atoms with Gasteiger partial charge < -0.3 is 10.3 Å². The maximum Gasteiger partial charge on any atom is 0.143 e. The number of fused-ring (bicyclic) bond motifs is 1. The van der Waals surface area contributed by atoms with Crippen molar-refractivity contribution >= 4 is 23.1 Å². The second-order valence-corrected chi connectivity index (χ2v) is 6.69. The number of nitrogens with zero attached hydrogens (tertiary/aromatic N) is 3. The van der Waals surface area contributed by atoms with E-state index in [0.717, 1.165) is 22.8 Å². The Bertz CT molecular complexity index is 688. The van der Waals surface area contributed by atoms with Gasteiger partial charge in [0.25, 0.3) is 0 Å². The van der Waals surface area contributed by atoms with Gasteiger partial charge in [-0.1, -0.05) is 0 Å². The molecule has 0 atom stereocenters. The number of hydrogen-bond donors (Lipinski definition) is 2. The third-order valence-corrected chi connectivity index (χ3v) is 4.71. The van der Waals surface area contributed by atoms with E-state index in [1.165, 1.54) is 36.9 Å². The van der Waals surface area contributed by atoms with Crippen molar-refractivity contribution in [3.05, 3.63) is 17.6 Å². The first-order chi connectivity index (χ1) is 10.5. The summed E-state index contributed by atoms with van der Waals surface area (Å²) < 4.78 is 2.18. The van der Waals surface area contributed by atoms with Gasteiger partial charge in [0, 0.05) is 17.7 Å². The normalized spacial score (nSPS) is 21.8. The Morgan fingerprint density at radius 1 is 1.18 bits per heavy atom. The number of H-pyrrole nitrogens is 1. The third-order valence-electron chi connectivity index (χ3n) is 4.71. The average molecular weight is 300 g/mol. The van der Waals surface area contributed by atoms with Crippen LogP contribution in [0, 0.1) is 19.8 Å². The number of aromatic amines is 1. The largest absolute Gasteiger partial charge is 0.367 e. The average Bonchev–Trinajstić information content (AvgIpc) is 2.77. The first-order valence-corrected chi connectivity index (χ1v) is 8.12. The third kappa shape index (κ3) is 2.98. The zero-order valence-corrected chi connectivity index (χ0v) is 14.0. The standard InChI is InChI=1S/C17H26N5/c1-11-12(2)20-16-15(11)17(19-10-18-16)21-14-7-5-13(6-8-14)9-22(3)4/h9-10,13-14H,5-8H2,1-4H3,(H2,18,19,20,21)/q+1. The summed E-state index contributed by atoms with van der Waals surface area (Å²) in [5, 5.41) is 4.79. The van der Waals surface area contributed by atoms with Gasteiger partial charge in [-0.25, -0.2) is 14.5 Å². The predicted octanol–water partition coefficient (Wildman–Crippen LogP) is 2.89. The Morgan fingerprint density at radius 3 is 2.59 bits per heavy atom. The van der Waals surface area contributed by atoms with E-state index in [1.54, 1.807) is 6.33 Å². The van der Waals surface area contributed by atoms with E-state index >= 15 is 0 Å². The highest BCUT2D eigenvalue weighted by Gasteiger charge is 2.23. The molecule has 1 fully saturated rings. The van der Waals surface area contributed by atoms with Gasteiger partial charge in [-0.2, -0.15) is 0 Å². The first kappa shape index (κ1) is 15.0. The van der Waals surface area contributed by atoms with Gasteiger partial charge in [-0.05, 0) is 45.1 Å². The fraction of sp³-hybridized carbons (Fsp3) is 0.588. The lowest BCUT2D eigenvalue weighted by atomic mass is 9.86. The summed E-state index contributed by atoms with van der Waals surface area (Å²) in [6.45, 7) is 4.22. The van der Waals surface area contributed by atoms with Crippen LogP contribution >= 0.6 is 0 Å². The molecule has 0 amide bonds. The van der Waals surface area contributed by atoms with Crippen molar-refractivity contribution < 1.29 is 4.58 Å². The lowest BCUT2D eigenvalue weighted by molar-refractivity contribution is -0.462. The lowest BCUT2D eigenvalue weighted by Gasteiger charge is -2.26. The molecule has 0 bridgehead atoms. The Kier molecular flexibility index (Phi) is 4.14. The molecule has 1 aliphatic rings. The first-order valence-electron chi connectivity index (χ1n) is 8.12. The van der Waals surface area contributed by atoms with Crippen LogP contribution in [0.1, 0.15) is 36.9 Å². The Hall–Kier alpha value is -1.91. The van der Waals surface area contributed by atoms with Crippen molar-refractivity contribution in [1.82, 2.24) is 15.0 Å². The maximum atomic E-state index is 4.48. The smallest absolute Gasteiger partial charge is 0.143 e. The summed E-state index contributed by atoms with van der Waals surface area (Å²) in [5.74, 6) is 1.70. The monoisotopic (exact) mass is 300 g/mol. The molecule has 1 aliphatic carbocycles. The Balaban J connectivity index is 1.74. The van der Waals surface area contributed by atoms with Gasteiger partial charge in [0.15, 0.2) is 0 Å². The molecule has 0 aromatic carbocycles. The summed E-state index contributed by atoms with van der Waals surface area (Å²) in [6.07, 6.45) is 8.88. The molecule has 2 aromatic heterocycles. The second kappa shape index (κ2) is 6.07. The van der Waals surface area contributed by atoms with Crippen LogP contribution in [-0.2, 0) is 0 Å². The van der Waals surface area contributed by atoms with Crippen LogP contribution in [-0.4, -0.2) is 45.9 Å². The Morgan fingerprint density at radius 2 is 1.91 bits per heavy atom. The van der Waals surface area contributed by atoms with E-state index in [0.29, 0.717) is 6.04 Å². The zero-order valence-electron chi connectivity index (χ0n) is 14.0. The van der Waals surface area contributed by atoms with Crippen LogP contribution in [0.25, 0.3) is 11.0 Å². The summed E-state index contributed by atoms with van der Waals surface area (Å²) in [7, 11) is 4.22. The van der Waals surface area contributed by atoms with Crippen molar-refractivity contribution in [2.45, 2.75) is 45.6 Å². The van der Waals surface area contributed by atoms with E-state index in [4.69, 9.17) is 0 Å². The highest BCUT2D eigenvalue weighted by molar-refractivity contribution is 5.91. The molecule has 1 saturated carbocycles. The molecule has 0 radical (unpaired) electrons. The van der Waals surface area contributed by atoms with E-state index in [-0.39, 0.29) is 0 Å². The number of anilines is 1. The second-order valence-electron chi connectivity index (χ2n) is 6.69. The fourth-order valence-corrected chi connectivity index (χ4v) is 3.43. The molecule has 0 spiro atoms. The molecule has 2 N–H and O–H groups in total. The van der Waals surface area contributed by atoms with Gasteiger partial charge in [0.2, 0.25) is 0 Å². The van der Waals surface area contributed by atoms with Crippen LogP contribution in [0.4, 0.5) is 5.82 Å². The van der Waals surface area contributed by atoms with Crippen molar-refractivity contribution in [3.8, 4) is 0 Å². The minimum atomic E-state index is 0.513. The minimum absolute atomic E-state index is 0.513. The number of aryl methyl sites for hydroxylation is 2. The van der Waals surface area contributed by atoms with Crippen LogP contribution in [0.5, 0.6) is 0 Å². The molecule has 22 heavy (non-hydrogen) atoms. The molecule has 5 nitrogen and oxygen atoms in total. The molecular formula is C17H26N5+. The molecule has 3 rings (SSSR count). The van der Waals surface area contributed by atoms with Gasteiger partial charge in [-0.15, -0.1) is 0 Å². The number of rotatable bonds is 3. The minimum Gasteiger partial charge on any atom is -0.367 e. The zero-order chi connectivity index (χ0) is 15.7.